The van der Waals surface area contributed by atoms with Crippen LogP contribution in [0.1, 0.15) is 13.3 Å². The zero-order chi connectivity index (χ0) is 9.97. The molecule has 0 amide bonds. The van der Waals surface area contributed by atoms with Crippen molar-refractivity contribution in [2.75, 3.05) is 0 Å². The van der Waals surface area contributed by atoms with Crippen LogP contribution in [0, 0.1) is 0 Å². The number of hydrogen-bond donors (Lipinski definition) is 1. The Balaban J connectivity index is 2.28. The first kappa shape index (κ1) is 8.67. The lowest BCUT2D eigenvalue weighted by atomic mass is 10.4. The zero-order valence-electron chi connectivity index (χ0n) is 7.60. The molecule has 0 spiro atoms. The van der Waals surface area contributed by atoms with E-state index in [1.165, 1.54) is 0 Å². The quantitative estimate of drug-likeness (QED) is 0.746. The Morgan fingerprint density at radius 1 is 1.64 bits per heavy atom. The lowest BCUT2D eigenvalue weighted by Crippen LogP contribution is -1.96. The summed E-state index contributed by atoms with van der Waals surface area (Å²) in [5.74, 6) is -0.428. The monoisotopic (exact) mass is 195 g/mol. The second kappa shape index (κ2) is 3.44. The van der Waals surface area contributed by atoms with Gasteiger partial charge < -0.3 is 4.42 Å². The van der Waals surface area contributed by atoms with E-state index in [4.69, 9.17) is 4.42 Å². The van der Waals surface area contributed by atoms with Gasteiger partial charge in [-0.25, -0.2) is 9.89 Å². The summed E-state index contributed by atoms with van der Waals surface area (Å²) >= 11 is 0. The standard InChI is InChI=1S/C7H9N5O2/c1-2-3-12-4-5(8-11-12)6-9-10-7(13)14-6/h4H,2-3H2,1H3,(H,10,13). The summed E-state index contributed by atoms with van der Waals surface area (Å²) in [5.41, 5.74) is 0.455. The molecule has 2 rings (SSSR count). The lowest BCUT2D eigenvalue weighted by molar-refractivity contribution is 0.525. The maximum Gasteiger partial charge on any atom is 0.434 e. The molecule has 14 heavy (non-hydrogen) atoms. The van der Waals surface area contributed by atoms with E-state index in [1.54, 1.807) is 10.9 Å². The van der Waals surface area contributed by atoms with Crippen LogP contribution in [0.4, 0.5) is 0 Å². The van der Waals surface area contributed by atoms with Gasteiger partial charge in [-0.15, -0.1) is 10.2 Å². The van der Waals surface area contributed by atoms with Crippen LogP contribution in [0.25, 0.3) is 11.6 Å². The van der Waals surface area contributed by atoms with Crippen molar-refractivity contribution >= 4 is 0 Å². The minimum absolute atomic E-state index is 0.164. The molecule has 0 aromatic carbocycles. The van der Waals surface area contributed by atoms with E-state index >= 15 is 0 Å². The van der Waals surface area contributed by atoms with Crippen molar-refractivity contribution in [3.63, 3.8) is 0 Å². The Bertz CT molecular complexity index is 468. The minimum atomic E-state index is -0.593. The molecule has 0 aliphatic carbocycles. The van der Waals surface area contributed by atoms with Gasteiger partial charge in [0.2, 0.25) is 0 Å². The molecule has 7 nitrogen and oxygen atoms in total. The summed E-state index contributed by atoms with van der Waals surface area (Å²) in [6.45, 7) is 2.82. The Kier molecular flexibility index (Phi) is 2.13. The van der Waals surface area contributed by atoms with Crippen molar-refractivity contribution < 1.29 is 4.42 Å². The molecule has 7 heteroatoms. The molecule has 0 unspecified atom stereocenters. The molecule has 0 fully saturated rings. The van der Waals surface area contributed by atoms with Gasteiger partial charge in [0, 0.05) is 6.54 Å². The van der Waals surface area contributed by atoms with Gasteiger partial charge in [0.1, 0.15) is 0 Å². The Morgan fingerprint density at radius 3 is 3.14 bits per heavy atom. The van der Waals surface area contributed by atoms with Gasteiger partial charge in [0.15, 0.2) is 5.69 Å². The number of nitrogens with zero attached hydrogens (tertiary/aromatic N) is 4. The molecule has 0 radical (unpaired) electrons. The van der Waals surface area contributed by atoms with Gasteiger partial charge >= 0.3 is 5.76 Å². The molecule has 0 atom stereocenters. The minimum Gasteiger partial charge on any atom is -0.386 e. The third-order valence-electron chi connectivity index (χ3n) is 1.65. The first-order valence-corrected chi connectivity index (χ1v) is 4.25. The van der Waals surface area contributed by atoms with Crippen LogP contribution < -0.4 is 5.76 Å². The molecule has 2 aromatic rings. The van der Waals surface area contributed by atoms with Gasteiger partial charge in [-0.05, 0) is 6.42 Å². The maximum atomic E-state index is 10.7. The number of nitrogens with one attached hydrogen (secondary N) is 1. The van der Waals surface area contributed by atoms with Gasteiger partial charge in [-0.2, -0.15) is 0 Å². The smallest absolute Gasteiger partial charge is 0.386 e. The highest BCUT2D eigenvalue weighted by Gasteiger charge is 2.09. The van der Waals surface area contributed by atoms with Crippen molar-refractivity contribution in [2.24, 2.45) is 0 Å². The van der Waals surface area contributed by atoms with Crippen molar-refractivity contribution in [3.05, 3.63) is 16.7 Å². The number of H-pyrrole nitrogens is 1. The van der Waals surface area contributed by atoms with E-state index in [-0.39, 0.29) is 5.89 Å². The van der Waals surface area contributed by atoms with E-state index < -0.39 is 5.76 Å². The molecular weight excluding hydrogens is 186 g/mol. The second-order valence-electron chi connectivity index (χ2n) is 2.79. The first-order chi connectivity index (χ1) is 6.79. The molecule has 2 aromatic heterocycles. The Morgan fingerprint density at radius 2 is 2.50 bits per heavy atom. The van der Waals surface area contributed by atoms with Gasteiger partial charge in [-0.1, -0.05) is 12.1 Å². The van der Waals surface area contributed by atoms with E-state index in [9.17, 15) is 4.79 Å². The van der Waals surface area contributed by atoms with Crippen LogP contribution in [0.15, 0.2) is 15.4 Å². The topological polar surface area (TPSA) is 89.6 Å². The normalized spacial score (nSPS) is 10.6. The third-order valence-corrected chi connectivity index (χ3v) is 1.65. The largest absolute Gasteiger partial charge is 0.434 e. The van der Waals surface area contributed by atoms with Gasteiger partial charge in [0.25, 0.3) is 5.89 Å². The number of aryl methyl sites for hydroxylation is 1. The van der Waals surface area contributed by atoms with Crippen LogP contribution >= 0.6 is 0 Å². The van der Waals surface area contributed by atoms with E-state index in [1.807, 2.05) is 6.92 Å². The summed E-state index contributed by atoms with van der Waals surface area (Å²) < 4.78 is 6.39. The summed E-state index contributed by atoms with van der Waals surface area (Å²) in [4.78, 5) is 10.7. The van der Waals surface area contributed by atoms with E-state index in [2.05, 4.69) is 20.5 Å². The van der Waals surface area contributed by atoms with E-state index in [0.29, 0.717) is 5.69 Å². The fraction of sp³-hybridized carbons (Fsp3) is 0.429. The maximum absolute atomic E-state index is 10.7. The van der Waals surface area contributed by atoms with Crippen LogP contribution in [-0.4, -0.2) is 25.2 Å². The van der Waals surface area contributed by atoms with E-state index in [0.717, 1.165) is 13.0 Å². The highest BCUT2D eigenvalue weighted by Crippen LogP contribution is 2.09. The fourth-order valence-corrected chi connectivity index (χ4v) is 1.07. The van der Waals surface area contributed by atoms with Gasteiger partial charge in [0.05, 0.1) is 6.20 Å². The molecular formula is C7H9N5O2. The molecule has 2 heterocycles. The summed E-state index contributed by atoms with van der Waals surface area (Å²) in [5, 5.41) is 13.5. The van der Waals surface area contributed by atoms with Crippen molar-refractivity contribution in [1.29, 1.82) is 0 Å². The average Bonchev–Trinajstić information content (AvgIpc) is 2.74. The number of aromatic amines is 1. The summed E-state index contributed by atoms with van der Waals surface area (Å²) in [7, 11) is 0. The van der Waals surface area contributed by atoms with Crippen molar-refractivity contribution in [3.8, 4) is 11.6 Å². The molecule has 0 aliphatic rings. The summed E-state index contributed by atoms with van der Waals surface area (Å²) in [6, 6.07) is 0. The summed E-state index contributed by atoms with van der Waals surface area (Å²) in [6.07, 6.45) is 2.65. The average molecular weight is 195 g/mol. The second-order valence-corrected chi connectivity index (χ2v) is 2.79. The highest BCUT2D eigenvalue weighted by molar-refractivity contribution is 5.42. The molecule has 74 valence electrons. The number of aromatic nitrogens is 5. The predicted molar refractivity (Wildman–Crippen MR) is 46.4 cm³/mol. The predicted octanol–water partition coefficient (Wildman–Crippen LogP) is 0.0314. The number of hydrogen-bond acceptors (Lipinski definition) is 5. The molecule has 0 bridgehead atoms. The molecule has 0 aliphatic heterocycles. The highest BCUT2D eigenvalue weighted by atomic mass is 16.4. The number of rotatable bonds is 3. The molecule has 0 saturated carbocycles. The Hall–Kier alpha value is -1.92. The van der Waals surface area contributed by atoms with Crippen molar-refractivity contribution in [1.82, 2.24) is 25.2 Å². The van der Waals surface area contributed by atoms with Crippen LogP contribution in [0.2, 0.25) is 0 Å². The van der Waals surface area contributed by atoms with Gasteiger partial charge in [-0.3, -0.25) is 4.68 Å². The molecule has 1 N–H and O–H groups in total. The third kappa shape index (κ3) is 1.56. The van der Waals surface area contributed by atoms with Crippen LogP contribution in [0.5, 0.6) is 0 Å². The SMILES string of the molecule is CCCn1cc(-c2n[nH]c(=O)o2)nn1. The fourth-order valence-electron chi connectivity index (χ4n) is 1.07. The zero-order valence-corrected chi connectivity index (χ0v) is 7.60. The molecule has 0 saturated heterocycles. The van der Waals surface area contributed by atoms with Crippen LogP contribution in [-0.2, 0) is 6.54 Å². The first-order valence-electron chi connectivity index (χ1n) is 4.25. The van der Waals surface area contributed by atoms with Crippen LogP contribution in [0.3, 0.4) is 0 Å². The Labute approximate surface area is 78.7 Å². The lowest BCUT2D eigenvalue weighted by Gasteiger charge is -1.91. The van der Waals surface area contributed by atoms with Crippen molar-refractivity contribution in [2.45, 2.75) is 19.9 Å².